The number of benzene rings is 3. The topological polar surface area (TPSA) is 97.0 Å². The van der Waals surface area contributed by atoms with E-state index in [2.05, 4.69) is 10.6 Å². The third-order valence-electron chi connectivity index (χ3n) is 5.14. The van der Waals surface area contributed by atoms with E-state index >= 15 is 0 Å². The molecule has 0 aromatic heterocycles. The van der Waals surface area contributed by atoms with Crippen LogP contribution in [0, 0.1) is 0 Å². The molecule has 1 atom stereocenters. The monoisotopic (exact) mass is 445 g/mol. The third kappa shape index (κ3) is 5.12. The van der Waals surface area contributed by atoms with E-state index in [1.807, 2.05) is 30.3 Å². The Balaban J connectivity index is 1.49. The standard InChI is InChI=1S/C25H23N3O5/c1-32-25(31)22-15-28(20-13-7-8-14-21(20)33-22)16-23(29)27-19-12-6-5-11-18(19)24(30)26-17-9-3-2-4-10-17/h2-14,22H,15-16H2,1H3,(H,26,30)(H,27,29)/t22-/m0/s1. The Bertz CT molecular complexity index is 1170. The number of ether oxygens (including phenoxy) is 2. The molecule has 1 heterocycles. The molecule has 0 saturated carbocycles. The largest absolute Gasteiger partial charge is 0.475 e. The van der Waals surface area contributed by atoms with E-state index in [1.54, 1.807) is 53.4 Å². The summed E-state index contributed by atoms with van der Waals surface area (Å²) in [6.45, 7) is 0.121. The molecule has 0 unspecified atom stereocenters. The number of esters is 1. The first-order valence-corrected chi connectivity index (χ1v) is 10.4. The van der Waals surface area contributed by atoms with E-state index in [9.17, 15) is 14.4 Å². The van der Waals surface area contributed by atoms with Crippen molar-refractivity contribution in [1.29, 1.82) is 0 Å². The van der Waals surface area contributed by atoms with Crippen molar-refractivity contribution in [3.05, 3.63) is 84.4 Å². The van der Waals surface area contributed by atoms with Crippen LogP contribution >= 0.6 is 0 Å². The van der Waals surface area contributed by atoms with Crippen LogP contribution in [0.1, 0.15) is 10.4 Å². The minimum Gasteiger partial charge on any atom is -0.475 e. The lowest BCUT2D eigenvalue weighted by molar-refractivity contribution is -0.148. The number of methoxy groups -OCH3 is 1. The maximum atomic E-state index is 12.9. The van der Waals surface area contributed by atoms with E-state index in [1.165, 1.54) is 7.11 Å². The highest BCUT2D eigenvalue weighted by atomic mass is 16.6. The van der Waals surface area contributed by atoms with Crippen molar-refractivity contribution in [2.75, 3.05) is 35.7 Å². The van der Waals surface area contributed by atoms with Crippen LogP contribution in [0.4, 0.5) is 17.1 Å². The maximum absolute atomic E-state index is 12.9. The molecular weight excluding hydrogens is 422 g/mol. The van der Waals surface area contributed by atoms with Gasteiger partial charge in [0.25, 0.3) is 5.91 Å². The molecule has 3 aromatic carbocycles. The lowest BCUT2D eigenvalue weighted by Gasteiger charge is -2.34. The zero-order valence-corrected chi connectivity index (χ0v) is 18.0. The van der Waals surface area contributed by atoms with Crippen LogP contribution in [0.2, 0.25) is 0 Å². The van der Waals surface area contributed by atoms with Gasteiger partial charge in [-0.1, -0.05) is 42.5 Å². The number of anilines is 3. The van der Waals surface area contributed by atoms with Gasteiger partial charge in [-0.3, -0.25) is 9.59 Å². The number of hydrogen-bond acceptors (Lipinski definition) is 6. The quantitative estimate of drug-likeness (QED) is 0.565. The zero-order chi connectivity index (χ0) is 23.2. The van der Waals surface area contributed by atoms with E-state index in [0.29, 0.717) is 28.4 Å². The Morgan fingerprint density at radius 3 is 2.42 bits per heavy atom. The first-order valence-electron chi connectivity index (χ1n) is 10.4. The number of nitrogens with zero attached hydrogens (tertiary/aromatic N) is 1. The lowest BCUT2D eigenvalue weighted by Crippen LogP contribution is -2.47. The molecule has 0 fully saturated rings. The van der Waals surface area contributed by atoms with Gasteiger partial charge in [-0.15, -0.1) is 0 Å². The fourth-order valence-electron chi connectivity index (χ4n) is 3.58. The van der Waals surface area contributed by atoms with Crippen molar-refractivity contribution in [1.82, 2.24) is 0 Å². The van der Waals surface area contributed by atoms with Crippen LogP contribution in [0.3, 0.4) is 0 Å². The number of rotatable bonds is 6. The van der Waals surface area contributed by atoms with E-state index in [-0.39, 0.29) is 24.9 Å². The Morgan fingerprint density at radius 1 is 0.939 bits per heavy atom. The normalized spacial score (nSPS) is 14.5. The van der Waals surface area contributed by atoms with Gasteiger partial charge in [0.2, 0.25) is 12.0 Å². The molecule has 0 saturated heterocycles. The molecule has 4 rings (SSSR count). The van der Waals surface area contributed by atoms with Crippen molar-refractivity contribution >= 4 is 34.8 Å². The number of para-hydroxylation sites is 4. The van der Waals surface area contributed by atoms with Crippen molar-refractivity contribution < 1.29 is 23.9 Å². The Kier molecular flexibility index (Phi) is 6.54. The second kappa shape index (κ2) is 9.86. The van der Waals surface area contributed by atoms with E-state index in [4.69, 9.17) is 9.47 Å². The maximum Gasteiger partial charge on any atom is 0.348 e. The summed E-state index contributed by atoms with van der Waals surface area (Å²) in [5.74, 6) is -0.692. The summed E-state index contributed by atoms with van der Waals surface area (Å²) in [5.41, 5.74) is 2.08. The lowest BCUT2D eigenvalue weighted by atomic mass is 10.1. The predicted molar refractivity (Wildman–Crippen MR) is 125 cm³/mol. The smallest absolute Gasteiger partial charge is 0.348 e. The molecule has 0 radical (unpaired) electrons. The third-order valence-corrected chi connectivity index (χ3v) is 5.14. The molecule has 2 N–H and O–H groups in total. The van der Waals surface area contributed by atoms with Gasteiger partial charge in [0.05, 0.1) is 37.1 Å². The van der Waals surface area contributed by atoms with Crippen LogP contribution < -0.4 is 20.3 Å². The van der Waals surface area contributed by atoms with Gasteiger partial charge >= 0.3 is 5.97 Å². The Hall–Kier alpha value is -4.33. The number of carbonyl (C=O) groups is 3. The average molecular weight is 445 g/mol. The number of hydrogen-bond donors (Lipinski definition) is 2. The minimum absolute atomic E-state index is 0.0392. The second-order valence-corrected chi connectivity index (χ2v) is 7.39. The van der Waals surface area contributed by atoms with Gasteiger partial charge in [0.15, 0.2) is 0 Å². The fraction of sp³-hybridized carbons (Fsp3) is 0.160. The predicted octanol–water partition coefficient (Wildman–Crippen LogP) is 3.32. The van der Waals surface area contributed by atoms with Crippen LogP contribution in [-0.4, -0.2) is 44.1 Å². The molecule has 8 heteroatoms. The summed E-state index contributed by atoms with van der Waals surface area (Å²) in [5, 5.41) is 5.64. The molecular formula is C25H23N3O5. The van der Waals surface area contributed by atoms with Crippen molar-refractivity contribution in [2.45, 2.75) is 6.10 Å². The van der Waals surface area contributed by atoms with Crippen LogP contribution in [0.25, 0.3) is 0 Å². The molecule has 0 aliphatic carbocycles. The summed E-state index contributed by atoms with van der Waals surface area (Å²) in [6, 6.07) is 23.0. The van der Waals surface area contributed by atoms with Crippen molar-refractivity contribution in [3.8, 4) is 5.75 Å². The van der Waals surface area contributed by atoms with Gasteiger partial charge in [-0.05, 0) is 36.4 Å². The Labute approximate surface area is 191 Å². The minimum atomic E-state index is -0.846. The molecule has 1 aliphatic heterocycles. The number of nitrogens with one attached hydrogen (secondary N) is 2. The molecule has 0 bridgehead atoms. The fourth-order valence-corrected chi connectivity index (χ4v) is 3.58. The first-order chi connectivity index (χ1) is 16.0. The van der Waals surface area contributed by atoms with E-state index < -0.39 is 12.1 Å². The summed E-state index contributed by atoms with van der Waals surface area (Å²) in [4.78, 5) is 39.5. The number of amides is 2. The summed E-state index contributed by atoms with van der Waals surface area (Å²) < 4.78 is 10.5. The summed E-state index contributed by atoms with van der Waals surface area (Å²) in [7, 11) is 1.29. The summed E-state index contributed by atoms with van der Waals surface area (Å²) in [6.07, 6.45) is -0.846. The Morgan fingerprint density at radius 2 is 1.64 bits per heavy atom. The van der Waals surface area contributed by atoms with Crippen LogP contribution in [0.15, 0.2) is 78.9 Å². The van der Waals surface area contributed by atoms with Gasteiger partial charge in [-0.2, -0.15) is 0 Å². The van der Waals surface area contributed by atoms with Gasteiger partial charge < -0.3 is 25.0 Å². The highest BCUT2D eigenvalue weighted by Crippen LogP contribution is 2.33. The molecule has 168 valence electrons. The highest BCUT2D eigenvalue weighted by molar-refractivity contribution is 6.10. The van der Waals surface area contributed by atoms with Crippen molar-refractivity contribution in [3.63, 3.8) is 0 Å². The van der Waals surface area contributed by atoms with Gasteiger partial charge in [0.1, 0.15) is 5.75 Å². The van der Waals surface area contributed by atoms with Crippen LogP contribution in [0.5, 0.6) is 5.75 Å². The van der Waals surface area contributed by atoms with Gasteiger partial charge in [-0.25, -0.2) is 4.79 Å². The molecule has 8 nitrogen and oxygen atoms in total. The second-order valence-electron chi connectivity index (χ2n) is 7.39. The molecule has 1 aliphatic rings. The molecule has 33 heavy (non-hydrogen) atoms. The highest BCUT2D eigenvalue weighted by Gasteiger charge is 2.32. The zero-order valence-electron chi connectivity index (χ0n) is 18.0. The van der Waals surface area contributed by atoms with E-state index in [0.717, 1.165) is 0 Å². The molecule has 0 spiro atoms. The molecule has 3 aromatic rings. The SMILES string of the molecule is COC(=O)[C@@H]1CN(CC(=O)Nc2ccccc2C(=O)Nc2ccccc2)c2ccccc2O1. The average Bonchev–Trinajstić information content (AvgIpc) is 2.84. The number of carbonyl (C=O) groups excluding carboxylic acids is 3. The number of fused-ring (bicyclic) bond motifs is 1. The van der Waals surface area contributed by atoms with Gasteiger partial charge in [0, 0.05) is 5.69 Å². The molecule has 2 amide bonds. The van der Waals surface area contributed by atoms with Crippen LogP contribution in [-0.2, 0) is 14.3 Å². The summed E-state index contributed by atoms with van der Waals surface area (Å²) >= 11 is 0. The first kappa shape index (κ1) is 21.9. The van der Waals surface area contributed by atoms with Crippen molar-refractivity contribution in [2.24, 2.45) is 0 Å².